The Labute approximate surface area is 88.6 Å². The molecule has 0 aliphatic heterocycles. The predicted octanol–water partition coefficient (Wildman–Crippen LogP) is 0.453. The highest BCUT2D eigenvalue weighted by molar-refractivity contribution is 5.29. The zero-order valence-corrected chi connectivity index (χ0v) is 8.30. The molecule has 0 heterocycles. The molecule has 0 saturated carbocycles. The number of hydrogen-bond acceptors (Lipinski definition) is 4. The Hall–Kier alpha value is -1.41. The second-order valence-electron chi connectivity index (χ2n) is 3.28. The van der Waals surface area contributed by atoms with Gasteiger partial charge in [-0.25, -0.2) is 0 Å². The molecule has 0 aliphatic rings. The van der Waals surface area contributed by atoms with Crippen LogP contribution in [0.3, 0.4) is 0 Å². The number of nitrogens with zero attached hydrogens (tertiary/aromatic N) is 1. The molecule has 0 bridgehead atoms. The molecule has 4 nitrogen and oxygen atoms in total. The summed E-state index contributed by atoms with van der Waals surface area (Å²) in [6, 6.07) is 8.88. The average molecular weight is 206 g/mol. The van der Waals surface area contributed by atoms with Crippen molar-refractivity contribution in [1.82, 2.24) is 0 Å². The number of aliphatic hydroxyl groups excluding tert-OH is 2. The van der Waals surface area contributed by atoms with Crippen molar-refractivity contribution in [1.29, 1.82) is 5.26 Å². The molecule has 2 atom stereocenters. The summed E-state index contributed by atoms with van der Waals surface area (Å²) in [6.07, 6.45) is -2.22. The van der Waals surface area contributed by atoms with E-state index in [1.54, 1.807) is 18.2 Å². The lowest BCUT2D eigenvalue weighted by molar-refractivity contribution is 0.0211. The van der Waals surface area contributed by atoms with Gasteiger partial charge in [-0.2, -0.15) is 5.26 Å². The van der Waals surface area contributed by atoms with Gasteiger partial charge in [-0.15, -0.1) is 0 Å². The van der Waals surface area contributed by atoms with E-state index >= 15 is 0 Å². The fourth-order valence-electron chi connectivity index (χ4n) is 1.42. The first-order chi connectivity index (χ1) is 7.20. The Bertz CT molecular complexity index is 360. The number of aliphatic hydroxyl groups is 2. The van der Waals surface area contributed by atoms with Crippen LogP contribution < -0.4 is 5.73 Å². The van der Waals surface area contributed by atoms with Gasteiger partial charge in [0.1, 0.15) is 6.10 Å². The van der Waals surface area contributed by atoms with Crippen molar-refractivity contribution in [3.05, 3.63) is 35.4 Å². The fourth-order valence-corrected chi connectivity index (χ4v) is 1.42. The van der Waals surface area contributed by atoms with Gasteiger partial charge >= 0.3 is 0 Å². The van der Waals surface area contributed by atoms with Crippen LogP contribution in [-0.2, 0) is 6.54 Å². The molecular formula is C11H14N2O2. The molecule has 0 saturated heterocycles. The Kier molecular flexibility index (Phi) is 4.25. The maximum Gasteiger partial charge on any atom is 0.106 e. The first-order valence-electron chi connectivity index (χ1n) is 4.71. The highest BCUT2D eigenvalue weighted by Crippen LogP contribution is 2.22. The molecule has 1 aromatic carbocycles. The molecule has 15 heavy (non-hydrogen) atoms. The predicted molar refractivity (Wildman–Crippen MR) is 55.5 cm³/mol. The monoisotopic (exact) mass is 206 g/mol. The summed E-state index contributed by atoms with van der Waals surface area (Å²) in [5, 5.41) is 27.7. The number of nitrogens with two attached hydrogens (primary N) is 1. The van der Waals surface area contributed by atoms with E-state index in [1.165, 1.54) is 0 Å². The van der Waals surface area contributed by atoms with Gasteiger partial charge in [-0.05, 0) is 11.1 Å². The summed E-state index contributed by atoms with van der Waals surface area (Å²) >= 11 is 0. The summed E-state index contributed by atoms with van der Waals surface area (Å²) in [5.74, 6) is 0. The van der Waals surface area contributed by atoms with E-state index in [4.69, 9.17) is 11.0 Å². The van der Waals surface area contributed by atoms with Gasteiger partial charge < -0.3 is 15.9 Å². The van der Waals surface area contributed by atoms with Crippen LogP contribution in [0.4, 0.5) is 0 Å². The molecule has 0 amide bonds. The van der Waals surface area contributed by atoms with Crippen LogP contribution in [-0.4, -0.2) is 16.3 Å². The van der Waals surface area contributed by atoms with Gasteiger partial charge in [0.25, 0.3) is 0 Å². The van der Waals surface area contributed by atoms with Gasteiger partial charge in [-0.1, -0.05) is 24.3 Å². The Morgan fingerprint density at radius 2 is 2.00 bits per heavy atom. The van der Waals surface area contributed by atoms with Crippen molar-refractivity contribution in [3.8, 4) is 6.07 Å². The molecule has 0 aliphatic carbocycles. The van der Waals surface area contributed by atoms with Crippen LogP contribution in [0, 0.1) is 11.3 Å². The third-order valence-corrected chi connectivity index (χ3v) is 2.26. The smallest absolute Gasteiger partial charge is 0.106 e. The minimum Gasteiger partial charge on any atom is -0.389 e. The third kappa shape index (κ3) is 2.77. The second-order valence-corrected chi connectivity index (χ2v) is 3.28. The Morgan fingerprint density at radius 3 is 2.60 bits per heavy atom. The fraction of sp³-hybridized carbons (Fsp3) is 0.364. The van der Waals surface area contributed by atoms with Gasteiger partial charge in [0.2, 0.25) is 0 Å². The lowest BCUT2D eigenvalue weighted by atomic mass is 9.97. The zero-order valence-electron chi connectivity index (χ0n) is 8.30. The van der Waals surface area contributed by atoms with Crippen LogP contribution in [0.15, 0.2) is 24.3 Å². The largest absolute Gasteiger partial charge is 0.389 e. The molecule has 0 aromatic heterocycles. The first kappa shape index (κ1) is 11.7. The standard InChI is InChI=1S/C11H14N2O2/c12-6-5-10(14)11(15)9-4-2-1-3-8(9)7-13/h1-4,10-11,14-15H,5,7,13H2. The highest BCUT2D eigenvalue weighted by atomic mass is 16.3. The average Bonchev–Trinajstić information content (AvgIpc) is 2.28. The summed E-state index contributed by atoms with van der Waals surface area (Å²) in [4.78, 5) is 0. The van der Waals surface area contributed by atoms with E-state index < -0.39 is 12.2 Å². The summed E-state index contributed by atoms with van der Waals surface area (Å²) in [7, 11) is 0. The van der Waals surface area contributed by atoms with Crippen LogP contribution in [0.25, 0.3) is 0 Å². The lowest BCUT2D eigenvalue weighted by Crippen LogP contribution is -2.19. The normalized spacial score (nSPS) is 14.3. The van der Waals surface area contributed by atoms with E-state index in [1.807, 2.05) is 12.1 Å². The van der Waals surface area contributed by atoms with Gasteiger partial charge in [0.15, 0.2) is 0 Å². The summed E-state index contributed by atoms with van der Waals surface area (Å²) in [6.45, 7) is 0.298. The number of benzene rings is 1. The minimum atomic E-state index is -1.07. The van der Waals surface area contributed by atoms with Crippen LogP contribution in [0.1, 0.15) is 23.7 Å². The van der Waals surface area contributed by atoms with Crippen molar-refractivity contribution < 1.29 is 10.2 Å². The van der Waals surface area contributed by atoms with E-state index in [2.05, 4.69) is 0 Å². The first-order valence-corrected chi connectivity index (χ1v) is 4.71. The third-order valence-electron chi connectivity index (χ3n) is 2.26. The van der Waals surface area contributed by atoms with Crippen molar-refractivity contribution in [2.75, 3.05) is 0 Å². The molecular weight excluding hydrogens is 192 g/mol. The van der Waals surface area contributed by atoms with Crippen molar-refractivity contribution in [3.63, 3.8) is 0 Å². The van der Waals surface area contributed by atoms with Crippen LogP contribution >= 0.6 is 0 Å². The number of rotatable bonds is 4. The van der Waals surface area contributed by atoms with E-state index in [-0.39, 0.29) is 6.42 Å². The second kappa shape index (κ2) is 5.47. The molecule has 4 N–H and O–H groups in total. The Balaban J connectivity index is 2.90. The molecule has 0 fully saturated rings. The lowest BCUT2D eigenvalue weighted by Gasteiger charge is -2.18. The maximum absolute atomic E-state index is 9.78. The maximum atomic E-state index is 9.78. The number of nitriles is 1. The topological polar surface area (TPSA) is 90.3 Å². The Morgan fingerprint density at radius 1 is 1.33 bits per heavy atom. The summed E-state index contributed by atoms with van der Waals surface area (Å²) in [5.41, 5.74) is 6.87. The quantitative estimate of drug-likeness (QED) is 0.667. The van der Waals surface area contributed by atoms with Crippen LogP contribution in [0.2, 0.25) is 0 Å². The van der Waals surface area contributed by atoms with Crippen molar-refractivity contribution in [2.24, 2.45) is 5.73 Å². The molecule has 2 unspecified atom stereocenters. The molecule has 4 heteroatoms. The number of hydrogen-bond donors (Lipinski definition) is 3. The van der Waals surface area contributed by atoms with E-state index in [0.29, 0.717) is 12.1 Å². The molecule has 80 valence electrons. The van der Waals surface area contributed by atoms with Gasteiger partial charge in [0, 0.05) is 6.54 Å². The molecule has 0 radical (unpaired) electrons. The van der Waals surface area contributed by atoms with E-state index in [9.17, 15) is 10.2 Å². The SMILES string of the molecule is N#CCC(O)C(O)c1ccccc1CN. The molecule has 1 rings (SSSR count). The van der Waals surface area contributed by atoms with Crippen LogP contribution in [0.5, 0.6) is 0 Å². The van der Waals surface area contributed by atoms with E-state index in [0.717, 1.165) is 5.56 Å². The van der Waals surface area contributed by atoms with Gasteiger partial charge in [0.05, 0.1) is 18.6 Å². The molecule has 1 aromatic rings. The molecule has 0 spiro atoms. The summed E-state index contributed by atoms with van der Waals surface area (Å²) < 4.78 is 0. The highest BCUT2D eigenvalue weighted by Gasteiger charge is 2.19. The minimum absolute atomic E-state index is 0.0972. The van der Waals surface area contributed by atoms with Crippen molar-refractivity contribution in [2.45, 2.75) is 25.2 Å². The zero-order chi connectivity index (χ0) is 11.3. The van der Waals surface area contributed by atoms with Crippen molar-refractivity contribution >= 4 is 0 Å². The van der Waals surface area contributed by atoms with Gasteiger partial charge in [-0.3, -0.25) is 0 Å².